The van der Waals surface area contributed by atoms with Gasteiger partial charge in [0.05, 0.1) is 13.2 Å². The Labute approximate surface area is 293 Å². The molecule has 0 spiro atoms. The second-order valence-electron chi connectivity index (χ2n) is 14.8. The summed E-state index contributed by atoms with van der Waals surface area (Å²) >= 11 is 0. The van der Waals surface area contributed by atoms with Crippen LogP contribution in [-0.4, -0.2) is 26.3 Å². The highest BCUT2D eigenvalue weighted by Gasteiger charge is 2.44. The summed E-state index contributed by atoms with van der Waals surface area (Å²) in [5.74, 6) is 0.954. The molecule has 1 fully saturated rings. The van der Waals surface area contributed by atoms with Crippen LogP contribution in [0.5, 0.6) is 5.75 Å². The largest absolute Gasteiger partial charge is 0.472 e. The molecule has 0 radical (unpaired) electrons. The number of hydrogen-bond donors (Lipinski definition) is 0. The fraction of sp³-hybridized carbons (Fsp3) is 0.191. The summed E-state index contributed by atoms with van der Waals surface area (Å²) in [6, 6.07) is 44.9. The van der Waals surface area contributed by atoms with Gasteiger partial charge in [0.1, 0.15) is 5.75 Å². The molecule has 0 bridgehead atoms. The number of anilines is 1. The van der Waals surface area contributed by atoms with Crippen LogP contribution in [0, 0.1) is 6.92 Å². The number of ether oxygens (including phenoxy) is 2. The second kappa shape index (κ2) is 10.8. The summed E-state index contributed by atoms with van der Waals surface area (Å²) in [6.45, 7) is 10.3. The van der Waals surface area contributed by atoms with Gasteiger partial charge in [-0.1, -0.05) is 129 Å². The van der Waals surface area contributed by atoms with Gasteiger partial charge in [-0.25, -0.2) is 0 Å². The van der Waals surface area contributed by atoms with Crippen molar-refractivity contribution >= 4 is 44.1 Å². The van der Waals surface area contributed by atoms with E-state index in [1.807, 2.05) is 0 Å². The van der Waals surface area contributed by atoms with E-state index in [9.17, 15) is 0 Å². The first-order valence-electron chi connectivity index (χ1n) is 17.9. The Morgan fingerprint density at radius 3 is 2.16 bits per heavy atom. The van der Waals surface area contributed by atoms with Crippen LogP contribution in [-0.2, 0) is 15.8 Å². The van der Waals surface area contributed by atoms with Crippen molar-refractivity contribution in [1.82, 2.24) is 0 Å². The molecule has 3 heteroatoms. The molecular weight excluding hydrogens is 611 g/mol. The highest BCUT2D eigenvalue weighted by molar-refractivity contribution is 6.09. The molecule has 2 heterocycles. The second-order valence-corrected chi connectivity index (χ2v) is 14.8. The molecule has 0 aromatic heterocycles. The Balaban J connectivity index is 1.21. The number of rotatable bonds is 3. The maximum atomic E-state index is 7.65. The Morgan fingerprint density at radius 1 is 0.640 bits per heavy atom. The monoisotopic (exact) mass is 649 g/mol. The van der Waals surface area contributed by atoms with Gasteiger partial charge in [-0.3, -0.25) is 0 Å². The predicted octanol–water partition coefficient (Wildman–Crippen LogP) is 10.9. The standard InChI is InChI=1S/C47H39NO2/c1-30-12-20-40-42(28-30)46(2,3)44-41-22-23-47(50-45(41)39-11-7-6-10-38(39)43(40)44,33-15-18-35(19-16-33)48-24-26-49-27-25-48)34-17-21-37-32(29-34)14-13-31-8-4-5-9-36(31)37/h4-23,28-29H,24-27H2,1-3H3. The molecule has 1 saturated heterocycles. The highest BCUT2D eigenvalue weighted by Crippen LogP contribution is 2.58. The van der Waals surface area contributed by atoms with Crippen LogP contribution in [0.3, 0.4) is 0 Å². The minimum absolute atomic E-state index is 0.178. The van der Waals surface area contributed by atoms with Crippen molar-refractivity contribution in [2.24, 2.45) is 0 Å². The summed E-state index contributed by atoms with van der Waals surface area (Å²) in [5.41, 5.74) is 10.3. The van der Waals surface area contributed by atoms with E-state index in [0.717, 1.165) is 48.6 Å². The molecule has 0 amide bonds. The summed E-state index contributed by atoms with van der Waals surface area (Å²) in [7, 11) is 0. The normalized spacial score (nSPS) is 19.0. The number of hydrogen-bond acceptors (Lipinski definition) is 3. The van der Waals surface area contributed by atoms with Gasteiger partial charge in [0, 0.05) is 46.3 Å². The fourth-order valence-electron chi connectivity index (χ4n) is 9.01. The van der Waals surface area contributed by atoms with Crippen molar-refractivity contribution in [2.75, 3.05) is 31.2 Å². The third kappa shape index (κ3) is 4.20. The van der Waals surface area contributed by atoms with Gasteiger partial charge < -0.3 is 14.4 Å². The highest BCUT2D eigenvalue weighted by atomic mass is 16.5. The number of aryl methyl sites for hydroxylation is 1. The lowest BCUT2D eigenvalue weighted by atomic mass is 9.76. The molecule has 0 N–H and O–H groups in total. The fourth-order valence-corrected chi connectivity index (χ4v) is 9.01. The van der Waals surface area contributed by atoms with E-state index < -0.39 is 5.60 Å². The van der Waals surface area contributed by atoms with Crippen molar-refractivity contribution in [3.63, 3.8) is 0 Å². The molecule has 1 atom stereocenters. The topological polar surface area (TPSA) is 21.7 Å². The number of nitrogens with zero attached hydrogens (tertiary/aromatic N) is 1. The Hall–Kier alpha value is -5.38. The molecule has 7 aromatic rings. The number of fused-ring (bicyclic) bond motifs is 11. The first-order valence-corrected chi connectivity index (χ1v) is 17.9. The SMILES string of the molecule is Cc1ccc2c(c1)C(C)(C)c1c3c(c4ccccc4c1-2)OC(c1ccc(N2CCOCC2)cc1)(c1ccc2c(ccc4ccccc42)c1)C=C3. The van der Waals surface area contributed by atoms with Crippen molar-refractivity contribution in [1.29, 1.82) is 0 Å². The van der Waals surface area contributed by atoms with Crippen LogP contribution in [0.4, 0.5) is 5.69 Å². The molecule has 0 saturated carbocycles. The van der Waals surface area contributed by atoms with Gasteiger partial charge in [0.2, 0.25) is 0 Å². The third-order valence-corrected chi connectivity index (χ3v) is 11.5. The first kappa shape index (κ1) is 29.5. The molecule has 3 nitrogen and oxygen atoms in total. The molecule has 244 valence electrons. The Morgan fingerprint density at radius 2 is 1.34 bits per heavy atom. The zero-order chi connectivity index (χ0) is 33.6. The molecule has 50 heavy (non-hydrogen) atoms. The lowest BCUT2D eigenvalue weighted by Crippen LogP contribution is -2.37. The minimum Gasteiger partial charge on any atom is -0.472 e. The maximum absolute atomic E-state index is 7.65. The van der Waals surface area contributed by atoms with E-state index in [1.165, 1.54) is 66.0 Å². The summed E-state index contributed by atoms with van der Waals surface area (Å²) < 4.78 is 13.3. The predicted molar refractivity (Wildman–Crippen MR) is 208 cm³/mol. The zero-order valence-corrected chi connectivity index (χ0v) is 28.8. The average Bonchev–Trinajstić information content (AvgIpc) is 3.40. The number of morpholine rings is 1. The smallest absolute Gasteiger partial charge is 0.178 e. The van der Waals surface area contributed by atoms with Crippen LogP contribution in [0.2, 0.25) is 0 Å². The van der Waals surface area contributed by atoms with Crippen LogP contribution in [0.15, 0.2) is 127 Å². The van der Waals surface area contributed by atoms with Crippen molar-refractivity contribution in [3.05, 3.63) is 161 Å². The molecule has 1 aliphatic carbocycles. The van der Waals surface area contributed by atoms with E-state index in [4.69, 9.17) is 9.47 Å². The maximum Gasteiger partial charge on any atom is 0.178 e. The summed E-state index contributed by atoms with van der Waals surface area (Å²) in [4.78, 5) is 2.41. The van der Waals surface area contributed by atoms with Crippen LogP contribution < -0.4 is 9.64 Å². The van der Waals surface area contributed by atoms with Crippen LogP contribution >= 0.6 is 0 Å². The lowest BCUT2D eigenvalue weighted by Gasteiger charge is -2.39. The van der Waals surface area contributed by atoms with E-state index in [-0.39, 0.29) is 5.41 Å². The first-order chi connectivity index (χ1) is 24.4. The van der Waals surface area contributed by atoms with Gasteiger partial charge in [-0.15, -0.1) is 0 Å². The average molecular weight is 650 g/mol. The molecule has 7 aromatic carbocycles. The zero-order valence-electron chi connectivity index (χ0n) is 28.8. The van der Waals surface area contributed by atoms with Crippen LogP contribution in [0.1, 0.15) is 47.2 Å². The van der Waals surface area contributed by atoms with Gasteiger partial charge in [0.25, 0.3) is 0 Å². The van der Waals surface area contributed by atoms with E-state index >= 15 is 0 Å². The van der Waals surface area contributed by atoms with E-state index in [1.54, 1.807) is 0 Å². The van der Waals surface area contributed by atoms with Crippen molar-refractivity contribution in [2.45, 2.75) is 31.8 Å². The number of benzene rings is 7. The van der Waals surface area contributed by atoms with Gasteiger partial charge >= 0.3 is 0 Å². The van der Waals surface area contributed by atoms with Gasteiger partial charge in [0.15, 0.2) is 5.60 Å². The van der Waals surface area contributed by atoms with E-state index in [2.05, 4.69) is 159 Å². The van der Waals surface area contributed by atoms with Crippen LogP contribution in [0.25, 0.3) is 49.5 Å². The Kier molecular flexibility index (Phi) is 6.38. The van der Waals surface area contributed by atoms with Gasteiger partial charge in [-0.05, 0) is 80.4 Å². The quantitative estimate of drug-likeness (QED) is 0.178. The van der Waals surface area contributed by atoms with Gasteiger partial charge in [-0.2, -0.15) is 0 Å². The molecule has 1 unspecified atom stereocenters. The van der Waals surface area contributed by atoms with E-state index in [0.29, 0.717) is 0 Å². The molecular formula is C47H39NO2. The third-order valence-electron chi connectivity index (χ3n) is 11.5. The minimum atomic E-state index is -0.834. The summed E-state index contributed by atoms with van der Waals surface area (Å²) in [6.07, 6.45) is 4.69. The van der Waals surface area contributed by atoms with Crippen molar-refractivity contribution in [3.8, 4) is 16.9 Å². The van der Waals surface area contributed by atoms with Crippen molar-refractivity contribution < 1.29 is 9.47 Å². The lowest BCUT2D eigenvalue weighted by molar-refractivity contribution is 0.122. The Bertz CT molecular complexity index is 2540. The molecule has 10 rings (SSSR count). The summed E-state index contributed by atoms with van der Waals surface area (Å²) in [5, 5.41) is 7.37. The molecule has 2 aliphatic heterocycles. The molecule has 3 aliphatic rings.